The summed E-state index contributed by atoms with van der Waals surface area (Å²) in [6.07, 6.45) is 0.505. The largest absolute Gasteiger partial charge is 0.461 e. The van der Waals surface area contributed by atoms with Gasteiger partial charge in [0.2, 0.25) is 0 Å². The predicted octanol–water partition coefficient (Wildman–Crippen LogP) is 1.68. The molecule has 0 aliphatic heterocycles. The summed E-state index contributed by atoms with van der Waals surface area (Å²) in [5.74, 6) is -0.523. The second-order valence-corrected chi connectivity index (χ2v) is 3.82. The van der Waals surface area contributed by atoms with Gasteiger partial charge in [0.15, 0.2) is 0 Å². The standard InChI is InChI=1S/C14H18N2O4/c1-3-13(17)19-9-8-16-14(18)20-10-11-4-6-12(15-2)7-5-11/h3-7,15H,1,8-10H2,2H3,(H,16,18). The van der Waals surface area contributed by atoms with Crippen LogP contribution in [0.1, 0.15) is 5.56 Å². The minimum Gasteiger partial charge on any atom is -0.461 e. The molecule has 1 aromatic rings. The van der Waals surface area contributed by atoms with E-state index in [0.717, 1.165) is 17.3 Å². The van der Waals surface area contributed by atoms with Gasteiger partial charge in [-0.15, -0.1) is 0 Å². The lowest BCUT2D eigenvalue weighted by Gasteiger charge is -2.07. The number of anilines is 1. The number of nitrogens with one attached hydrogen (secondary N) is 2. The van der Waals surface area contributed by atoms with Crippen molar-refractivity contribution in [3.8, 4) is 0 Å². The Balaban J connectivity index is 2.19. The molecule has 1 aromatic carbocycles. The summed E-state index contributed by atoms with van der Waals surface area (Å²) in [6.45, 7) is 3.71. The molecule has 0 unspecified atom stereocenters. The molecule has 6 heteroatoms. The summed E-state index contributed by atoms with van der Waals surface area (Å²) in [7, 11) is 1.83. The van der Waals surface area contributed by atoms with Gasteiger partial charge in [-0.25, -0.2) is 9.59 Å². The number of hydrogen-bond donors (Lipinski definition) is 2. The Bertz CT molecular complexity index is 457. The van der Waals surface area contributed by atoms with Gasteiger partial charge in [-0.1, -0.05) is 18.7 Å². The van der Waals surface area contributed by atoms with Crippen molar-refractivity contribution in [2.45, 2.75) is 6.61 Å². The van der Waals surface area contributed by atoms with E-state index in [4.69, 9.17) is 9.47 Å². The van der Waals surface area contributed by atoms with E-state index in [1.807, 2.05) is 31.3 Å². The zero-order valence-corrected chi connectivity index (χ0v) is 11.3. The van der Waals surface area contributed by atoms with Gasteiger partial charge in [0.1, 0.15) is 13.2 Å². The van der Waals surface area contributed by atoms with Crippen LogP contribution in [-0.2, 0) is 20.9 Å². The Kier molecular flexibility index (Phi) is 6.67. The number of alkyl carbamates (subject to hydrolysis) is 1. The van der Waals surface area contributed by atoms with Crippen molar-refractivity contribution in [3.63, 3.8) is 0 Å². The number of benzene rings is 1. The highest BCUT2D eigenvalue weighted by Gasteiger charge is 2.03. The second kappa shape index (κ2) is 8.58. The highest BCUT2D eigenvalue weighted by Crippen LogP contribution is 2.09. The molecule has 0 saturated heterocycles. The third-order valence-corrected chi connectivity index (χ3v) is 2.39. The molecule has 0 fully saturated rings. The number of hydrogen-bond acceptors (Lipinski definition) is 5. The summed E-state index contributed by atoms with van der Waals surface area (Å²) in [5.41, 5.74) is 1.87. The van der Waals surface area contributed by atoms with Crippen molar-refractivity contribution in [1.29, 1.82) is 0 Å². The van der Waals surface area contributed by atoms with E-state index in [1.54, 1.807) is 0 Å². The van der Waals surface area contributed by atoms with Gasteiger partial charge in [0.25, 0.3) is 0 Å². The number of ether oxygens (including phenoxy) is 2. The number of esters is 1. The van der Waals surface area contributed by atoms with Crippen LogP contribution >= 0.6 is 0 Å². The Hall–Kier alpha value is -2.50. The molecule has 108 valence electrons. The monoisotopic (exact) mass is 278 g/mol. The molecule has 0 radical (unpaired) electrons. The molecule has 6 nitrogen and oxygen atoms in total. The molecule has 0 heterocycles. The van der Waals surface area contributed by atoms with Gasteiger partial charge in [-0.2, -0.15) is 0 Å². The van der Waals surface area contributed by atoms with E-state index >= 15 is 0 Å². The van der Waals surface area contributed by atoms with Crippen LogP contribution in [-0.4, -0.2) is 32.3 Å². The van der Waals surface area contributed by atoms with Crippen molar-refractivity contribution in [2.24, 2.45) is 0 Å². The Morgan fingerprint density at radius 3 is 2.55 bits per heavy atom. The van der Waals surface area contributed by atoms with Crippen LogP contribution in [0.3, 0.4) is 0 Å². The zero-order chi connectivity index (χ0) is 14.8. The summed E-state index contributed by atoms with van der Waals surface area (Å²) < 4.78 is 9.70. The van der Waals surface area contributed by atoms with Gasteiger partial charge in [0.05, 0.1) is 6.54 Å². The second-order valence-electron chi connectivity index (χ2n) is 3.82. The van der Waals surface area contributed by atoms with Gasteiger partial charge in [-0.05, 0) is 17.7 Å². The maximum atomic E-state index is 11.3. The minimum atomic E-state index is -0.558. The fourth-order valence-electron chi connectivity index (χ4n) is 1.33. The Labute approximate surface area is 117 Å². The molecule has 0 atom stereocenters. The quantitative estimate of drug-likeness (QED) is 0.451. The molecule has 2 N–H and O–H groups in total. The fourth-order valence-corrected chi connectivity index (χ4v) is 1.33. The lowest BCUT2D eigenvalue weighted by atomic mass is 10.2. The van der Waals surface area contributed by atoms with E-state index in [9.17, 15) is 9.59 Å². The maximum Gasteiger partial charge on any atom is 0.407 e. The molecule has 0 spiro atoms. The van der Waals surface area contributed by atoms with Crippen LogP contribution in [0.5, 0.6) is 0 Å². The van der Waals surface area contributed by atoms with Gasteiger partial charge >= 0.3 is 12.1 Å². The average Bonchev–Trinajstić information content (AvgIpc) is 2.49. The summed E-state index contributed by atoms with van der Waals surface area (Å²) in [4.78, 5) is 22.1. The molecular weight excluding hydrogens is 260 g/mol. The van der Waals surface area contributed by atoms with Crippen molar-refractivity contribution in [2.75, 3.05) is 25.5 Å². The fraction of sp³-hybridized carbons (Fsp3) is 0.286. The first-order valence-corrected chi connectivity index (χ1v) is 6.12. The number of carbonyl (C=O) groups is 2. The minimum absolute atomic E-state index is 0.0802. The van der Waals surface area contributed by atoms with E-state index in [-0.39, 0.29) is 19.8 Å². The number of rotatable bonds is 7. The van der Waals surface area contributed by atoms with Crippen LogP contribution in [0.15, 0.2) is 36.9 Å². The van der Waals surface area contributed by atoms with E-state index in [2.05, 4.69) is 17.2 Å². The van der Waals surface area contributed by atoms with Crippen LogP contribution in [0.2, 0.25) is 0 Å². The topological polar surface area (TPSA) is 76.7 Å². The maximum absolute atomic E-state index is 11.3. The van der Waals surface area contributed by atoms with Gasteiger partial charge < -0.3 is 20.1 Å². The molecular formula is C14H18N2O4. The zero-order valence-electron chi connectivity index (χ0n) is 11.3. The first-order valence-electron chi connectivity index (χ1n) is 6.12. The molecule has 0 bridgehead atoms. The number of carbonyl (C=O) groups excluding carboxylic acids is 2. The van der Waals surface area contributed by atoms with Gasteiger partial charge in [-0.3, -0.25) is 0 Å². The number of amides is 1. The summed E-state index contributed by atoms with van der Waals surface area (Å²) >= 11 is 0. The first-order chi connectivity index (χ1) is 9.65. The van der Waals surface area contributed by atoms with Crippen LogP contribution in [0, 0.1) is 0 Å². The van der Waals surface area contributed by atoms with E-state index < -0.39 is 12.1 Å². The van der Waals surface area contributed by atoms with Crippen molar-refractivity contribution < 1.29 is 19.1 Å². The molecule has 1 rings (SSSR count). The molecule has 0 saturated carbocycles. The first kappa shape index (κ1) is 15.6. The lowest BCUT2D eigenvalue weighted by Crippen LogP contribution is -2.28. The average molecular weight is 278 g/mol. The molecule has 0 aliphatic rings. The van der Waals surface area contributed by atoms with E-state index in [1.165, 1.54) is 0 Å². The molecule has 1 amide bonds. The van der Waals surface area contributed by atoms with E-state index in [0.29, 0.717) is 0 Å². The van der Waals surface area contributed by atoms with Crippen molar-refractivity contribution >= 4 is 17.7 Å². The lowest BCUT2D eigenvalue weighted by molar-refractivity contribution is -0.137. The normalized spacial score (nSPS) is 9.45. The highest BCUT2D eigenvalue weighted by molar-refractivity contribution is 5.81. The van der Waals surface area contributed by atoms with Crippen molar-refractivity contribution in [3.05, 3.63) is 42.5 Å². The SMILES string of the molecule is C=CC(=O)OCCNC(=O)OCc1ccc(NC)cc1. The van der Waals surface area contributed by atoms with Crippen LogP contribution in [0.25, 0.3) is 0 Å². The summed E-state index contributed by atoms with van der Waals surface area (Å²) in [6, 6.07) is 7.52. The highest BCUT2D eigenvalue weighted by atomic mass is 16.6. The van der Waals surface area contributed by atoms with Crippen LogP contribution < -0.4 is 10.6 Å². The Morgan fingerprint density at radius 1 is 1.25 bits per heavy atom. The molecule has 0 aromatic heterocycles. The van der Waals surface area contributed by atoms with Crippen LogP contribution in [0.4, 0.5) is 10.5 Å². The molecule has 20 heavy (non-hydrogen) atoms. The van der Waals surface area contributed by atoms with Gasteiger partial charge in [0, 0.05) is 18.8 Å². The Morgan fingerprint density at radius 2 is 1.95 bits per heavy atom. The summed E-state index contributed by atoms with van der Waals surface area (Å²) in [5, 5.41) is 5.47. The van der Waals surface area contributed by atoms with Crippen molar-refractivity contribution in [1.82, 2.24) is 5.32 Å². The third-order valence-electron chi connectivity index (χ3n) is 2.39. The molecule has 0 aliphatic carbocycles. The third kappa shape index (κ3) is 5.90. The predicted molar refractivity (Wildman–Crippen MR) is 75.3 cm³/mol. The smallest absolute Gasteiger partial charge is 0.407 e.